The molecule has 0 aliphatic heterocycles. The third-order valence-electron chi connectivity index (χ3n) is 2.85. The van der Waals surface area contributed by atoms with Gasteiger partial charge in [0.25, 0.3) is 11.8 Å². The number of nitrogens with one attached hydrogen (secondary N) is 1. The Kier molecular flexibility index (Phi) is 3.40. The lowest BCUT2D eigenvalue weighted by atomic mass is 10.2. The van der Waals surface area contributed by atoms with Gasteiger partial charge in [-0.15, -0.1) is 11.3 Å². The van der Waals surface area contributed by atoms with Gasteiger partial charge in [-0.2, -0.15) is 0 Å². The summed E-state index contributed by atoms with van der Waals surface area (Å²) in [4.78, 5) is 24.1. The van der Waals surface area contributed by atoms with Crippen LogP contribution in [-0.4, -0.2) is 11.8 Å². The predicted octanol–water partition coefficient (Wildman–Crippen LogP) is 3.50. The first-order valence-corrected chi connectivity index (χ1v) is 7.13. The van der Waals surface area contributed by atoms with Gasteiger partial charge >= 0.3 is 0 Å². The minimum absolute atomic E-state index is 0.0767. The zero-order chi connectivity index (χ0) is 15.0. The van der Waals surface area contributed by atoms with Crippen molar-refractivity contribution in [2.45, 2.75) is 0 Å². The van der Waals surface area contributed by atoms with Crippen molar-refractivity contribution in [3.8, 4) is 0 Å². The van der Waals surface area contributed by atoms with Gasteiger partial charge in [0.1, 0.15) is 11.3 Å². The van der Waals surface area contributed by atoms with Gasteiger partial charge in [0, 0.05) is 5.39 Å². The van der Waals surface area contributed by atoms with E-state index in [1.54, 1.807) is 36.4 Å². The smallest absolute Gasteiger partial charge is 0.286 e. The van der Waals surface area contributed by atoms with Crippen LogP contribution in [0.4, 0.5) is 5.69 Å². The van der Waals surface area contributed by atoms with Crippen molar-refractivity contribution >= 4 is 51.4 Å². The number of hydrogen-bond acceptors (Lipinski definition) is 4. The Balaban J connectivity index is 2.05. The SMILES string of the molecule is NC(=O)c1oc2ccccc2c1NC(=O)c1ccc(Cl)s1. The molecular weight excluding hydrogens is 312 g/mol. The van der Waals surface area contributed by atoms with Crippen LogP contribution < -0.4 is 11.1 Å². The second-order valence-corrected chi connectivity index (χ2v) is 5.94. The first-order chi connectivity index (χ1) is 10.1. The Morgan fingerprint density at radius 3 is 2.62 bits per heavy atom. The van der Waals surface area contributed by atoms with Crippen LogP contribution in [0.3, 0.4) is 0 Å². The molecule has 0 atom stereocenters. The normalized spacial score (nSPS) is 10.7. The van der Waals surface area contributed by atoms with Crippen molar-refractivity contribution in [2.24, 2.45) is 5.73 Å². The maximum atomic E-state index is 12.2. The number of nitrogens with two attached hydrogens (primary N) is 1. The lowest BCUT2D eigenvalue weighted by Gasteiger charge is -2.02. The van der Waals surface area contributed by atoms with E-state index in [1.165, 1.54) is 0 Å². The number of amides is 2. The molecule has 2 amide bonds. The molecule has 5 nitrogen and oxygen atoms in total. The van der Waals surface area contributed by atoms with Gasteiger partial charge in [0.2, 0.25) is 5.76 Å². The molecule has 3 aromatic rings. The number of benzene rings is 1. The molecule has 0 saturated heterocycles. The zero-order valence-electron chi connectivity index (χ0n) is 10.6. The first kappa shape index (κ1) is 13.7. The summed E-state index contributed by atoms with van der Waals surface area (Å²) in [6.07, 6.45) is 0. The fourth-order valence-electron chi connectivity index (χ4n) is 1.95. The van der Waals surface area contributed by atoms with Gasteiger partial charge in [-0.1, -0.05) is 23.7 Å². The molecule has 7 heteroatoms. The topological polar surface area (TPSA) is 85.3 Å². The van der Waals surface area contributed by atoms with Gasteiger partial charge in [-0.05, 0) is 24.3 Å². The maximum Gasteiger partial charge on any atom is 0.286 e. The van der Waals surface area contributed by atoms with Crippen LogP contribution in [0.5, 0.6) is 0 Å². The highest BCUT2D eigenvalue weighted by Crippen LogP contribution is 2.31. The summed E-state index contributed by atoms with van der Waals surface area (Å²) >= 11 is 6.95. The van der Waals surface area contributed by atoms with E-state index in [4.69, 9.17) is 21.8 Å². The molecule has 0 unspecified atom stereocenters. The Labute approximate surface area is 128 Å². The van der Waals surface area contributed by atoms with Crippen molar-refractivity contribution in [3.05, 3.63) is 51.4 Å². The second kappa shape index (κ2) is 5.23. The number of halogens is 1. The number of thiophene rings is 1. The third-order valence-corrected chi connectivity index (χ3v) is 4.08. The highest BCUT2D eigenvalue weighted by molar-refractivity contribution is 7.18. The number of primary amides is 1. The predicted molar refractivity (Wildman–Crippen MR) is 82.0 cm³/mol. The third kappa shape index (κ3) is 2.51. The summed E-state index contributed by atoms with van der Waals surface area (Å²) < 4.78 is 5.90. The van der Waals surface area contributed by atoms with Crippen LogP contribution in [0.1, 0.15) is 20.2 Å². The van der Waals surface area contributed by atoms with Crippen LogP contribution in [-0.2, 0) is 0 Å². The van der Waals surface area contributed by atoms with Gasteiger partial charge in [-0.25, -0.2) is 0 Å². The van der Waals surface area contributed by atoms with E-state index in [0.717, 1.165) is 11.3 Å². The van der Waals surface area contributed by atoms with Crippen LogP contribution >= 0.6 is 22.9 Å². The quantitative estimate of drug-likeness (QED) is 0.774. The number of carbonyl (C=O) groups excluding carboxylic acids is 2. The van der Waals surface area contributed by atoms with E-state index in [2.05, 4.69) is 5.32 Å². The summed E-state index contributed by atoms with van der Waals surface area (Å²) in [5.74, 6) is -1.20. The number of para-hydroxylation sites is 1. The van der Waals surface area contributed by atoms with Crippen LogP contribution in [0.2, 0.25) is 4.34 Å². The Morgan fingerprint density at radius 1 is 1.19 bits per heavy atom. The van der Waals surface area contributed by atoms with Gasteiger partial charge in [0.15, 0.2) is 0 Å². The molecule has 0 bridgehead atoms. The number of hydrogen-bond donors (Lipinski definition) is 2. The van der Waals surface area contributed by atoms with Crippen molar-refractivity contribution in [2.75, 3.05) is 5.32 Å². The second-order valence-electron chi connectivity index (χ2n) is 4.22. The summed E-state index contributed by atoms with van der Waals surface area (Å²) in [5, 5.41) is 3.28. The zero-order valence-corrected chi connectivity index (χ0v) is 12.1. The van der Waals surface area contributed by atoms with Crippen LogP contribution in [0.15, 0.2) is 40.8 Å². The fourth-order valence-corrected chi connectivity index (χ4v) is 2.89. The van der Waals surface area contributed by atoms with Crippen molar-refractivity contribution in [1.29, 1.82) is 0 Å². The van der Waals surface area contributed by atoms with E-state index in [9.17, 15) is 9.59 Å². The molecule has 0 fully saturated rings. The summed E-state index contributed by atoms with van der Waals surface area (Å²) in [7, 11) is 0. The molecule has 106 valence electrons. The van der Waals surface area contributed by atoms with Crippen molar-refractivity contribution in [3.63, 3.8) is 0 Å². The van der Waals surface area contributed by atoms with E-state index < -0.39 is 5.91 Å². The number of anilines is 1. The molecule has 1 aromatic carbocycles. The molecule has 0 saturated carbocycles. The summed E-state index contributed by atoms with van der Waals surface area (Å²) in [6, 6.07) is 10.2. The molecule has 3 N–H and O–H groups in total. The van der Waals surface area contributed by atoms with E-state index in [1.807, 2.05) is 0 Å². The largest absolute Gasteiger partial charge is 0.449 e. The van der Waals surface area contributed by atoms with E-state index in [-0.39, 0.29) is 17.4 Å². The van der Waals surface area contributed by atoms with E-state index in [0.29, 0.717) is 20.2 Å². The maximum absolute atomic E-state index is 12.2. The standard InChI is InChI=1S/C14H9ClN2O3S/c15-10-6-5-9(21-10)14(19)17-11-7-3-1-2-4-8(7)20-12(11)13(16)18/h1-6H,(H2,16,18)(H,17,19). The van der Waals surface area contributed by atoms with Gasteiger partial charge in [0.05, 0.1) is 9.21 Å². The van der Waals surface area contributed by atoms with Gasteiger partial charge < -0.3 is 15.5 Å². The minimum atomic E-state index is -0.745. The number of fused-ring (bicyclic) bond motifs is 1. The highest BCUT2D eigenvalue weighted by Gasteiger charge is 2.21. The lowest BCUT2D eigenvalue weighted by Crippen LogP contribution is -2.16. The number of furan rings is 1. The molecule has 0 spiro atoms. The lowest BCUT2D eigenvalue weighted by molar-refractivity contribution is 0.0977. The fraction of sp³-hybridized carbons (Fsp3) is 0. The van der Waals surface area contributed by atoms with Crippen molar-refractivity contribution in [1.82, 2.24) is 0 Å². The molecule has 0 aliphatic carbocycles. The Hall–Kier alpha value is -2.31. The first-order valence-electron chi connectivity index (χ1n) is 5.94. The molecule has 2 aromatic heterocycles. The molecular formula is C14H9ClN2O3S. The monoisotopic (exact) mass is 320 g/mol. The Bertz CT molecular complexity index is 853. The van der Waals surface area contributed by atoms with Crippen LogP contribution in [0.25, 0.3) is 11.0 Å². The summed E-state index contributed by atoms with van der Waals surface area (Å²) in [5.41, 5.74) is 6.04. The Morgan fingerprint density at radius 2 is 1.95 bits per heavy atom. The minimum Gasteiger partial charge on any atom is -0.449 e. The van der Waals surface area contributed by atoms with Crippen LogP contribution in [0, 0.1) is 0 Å². The molecule has 21 heavy (non-hydrogen) atoms. The molecule has 3 rings (SSSR count). The van der Waals surface area contributed by atoms with Gasteiger partial charge in [-0.3, -0.25) is 9.59 Å². The summed E-state index contributed by atoms with van der Waals surface area (Å²) in [6.45, 7) is 0. The highest BCUT2D eigenvalue weighted by atomic mass is 35.5. The molecule has 0 radical (unpaired) electrons. The number of rotatable bonds is 3. The molecule has 2 heterocycles. The van der Waals surface area contributed by atoms with E-state index >= 15 is 0 Å². The average molecular weight is 321 g/mol. The number of carbonyl (C=O) groups is 2. The van der Waals surface area contributed by atoms with Crippen molar-refractivity contribution < 1.29 is 14.0 Å². The average Bonchev–Trinajstić information content (AvgIpc) is 3.03. The molecule has 0 aliphatic rings.